The van der Waals surface area contributed by atoms with Gasteiger partial charge >= 0.3 is 0 Å². The van der Waals surface area contributed by atoms with Gasteiger partial charge in [0.15, 0.2) is 0 Å². The fraction of sp³-hybridized carbons (Fsp3) is 0.909. The van der Waals surface area contributed by atoms with Crippen LogP contribution in [-0.4, -0.2) is 23.9 Å². The highest BCUT2D eigenvalue weighted by Gasteiger charge is 2.57. The lowest BCUT2D eigenvalue weighted by atomic mass is 9.91. The molecule has 2 nitrogen and oxygen atoms in total. The number of rotatable bonds is 2. The lowest BCUT2D eigenvalue weighted by Crippen LogP contribution is -2.43. The van der Waals surface area contributed by atoms with Crippen molar-refractivity contribution in [3.63, 3.8) is 0 Å². The maximum atomic E-state index is 11.8. The molecule has 1 amide bonds. The molecule has 1 saturated heterocycles. The van der Waals surface area contributed by atoms with E-state index in [0.29, 0.717) is 23.2 Å². The average molecular weight is 181 g/mol. The molecule has 2 unspecified atom stereocenters. The van der Waals surface area contributed by atoms with Crippen molar-refractivity contribution < 1.29 is 4.79 Å². The predicted molar refractivity (Wildman–Crippen MR) is 52.2 cm³/mol. The molecule has 1 saturated carbocycles. The van der Waals surface area contributed by atoms with Gasteiger partial charge in [0, 0.05) is 19.0 Å². The molecular weight excluding hydrogens is 162 g/mol. The largest absolute Gasteiger partial charge is 0.342 e. The number of hydrogen-bond donors (Lipinski definition) is 0. The van der Waals surface area contributed by atoms with Crippen molar-refractivity contribution in [3.05, 3.63) is 0 Å². The summed E-state index contributed by atoms with van der Waals surface area (Å²) in [5.74, 6) is 1.40. The summed E-state index contributed by atoms with van der Waals surface area (Å²) in [6.07, 6.45) is 2.32. The molecule has 1 aliphatic carbocycles. The molecule has 2 aliphatic rings. The predicted octanol–water partition coefficient (Wildman–Crippen LogP) is 1.90. The van der Waals surface area contributed by atoms with Gasteiger partial charge in [-0.05, 0) is 24.2 Å². The van der Waals surface area contributed by atoms with Crippen molar-refractivity contribution in [1.29, 1.82) is 0 Å². The molecule has 0 radical (unpaired) electrons. The van der Waals surface area contributed by atoms with E-state index in [2.05, 4.69) is 20.8 Å². The lowest BCUT2D eigenvalue weighted by molar-refractivity contribution is -0.137. The smallest absolute Gasteiger partial charge is 0.226 e. The van der Waals surface area contributed by atoms with Crippen LogP contribution in [0.15, 0.2) is 0 Å². The van der Waals surface area contributed by atoms with Crippen LogP contribution in [0.4, 0.5) is 0 Å². The molecule has 0 aromatic rings. The molecule has 0 spiro atoms. The minimum absolute atomic E-state index is 0.312. The van der Waals surface area contributed by atoms with E-state index < -0.39 is 0 Å². The monoisotopic (exact) mass is 181 g/mol. The summed E-state index contributed by atoms with van der Waals surface area (Å²) in [6.45, 7) is 8.71. The van der Waals surface area contributed by atoms with E-state index in [1.54, 1.807) is 0 Å². The molecule has 2 fully saturated rings. The highest BCUT2D eigenvalue weighted by molar-refractivity contribution is 5.83. The Morgan fingerprint density at radius 3 is 2.38 bits per heavy atom. The van der Waals surface area contributed by atoms with Crippen LogP contribution in [0.2, 0.25) is 0 Å². The van der Waals surface area contributed by atoms with Crippen LogP contribution < -0.4 is 0 Å². The first-order valence-corrected chi connectivity index (χ1v) is 5.34. The lowest BCUT2D eigenvalue weighted by Gasteiger charge is -2.32. The summed E-state index contributed by atoms with van der Waals surface area (Å²) in [5, 5.41) is 0. The van der Waals surface area contributed by atoms with Gasteiger partial charge in [0.2, 0.25) is 5.91 Å². The standard InChI is InChI=1S/C11H19NO/c1-8(2)11(3)7-9(11)10(13)12-5-4-6-12/h8-9H,4-7H2,1-3H3. The summed E-state index contributed by atoms with van der Waals surface area (Å²) in [4.78, 5) is 13.8. The van der Waals surface area contributed by atoms with Crippen LogP contribution in [0.25, 0.3) is 0 Å². The molecule has 0 aromatic carbocycles. The zero-order valence-electron chi connectivity index (χ0n) is 8.84. The first kappa shape index (κ1) is 9.04. The zero-order chi connectivity index (χ0) is 9.64. The molecule has 2 atom stereocenters. The van der Waals surface area contributed by atoms with Gasteiger partial charge < -0.3 is 4.90 Å². The van der Waals surface area contributed by atoms with Crippen molar-refractivity contribution in [2.24, 2.45) is 17.3 Å². The van der Waals surface area contributed by atoms with Crippen molar-refractivity contribution in [2.45, 2.75) is 33.6 Å². The van der Waals surface area contributed by atoms with Crippen LogP contribution in [0.1, 0.15) is 33.6 Å². The number of nitrogens with zero attached hydrogens (tertiary/aromatic N) is 1. The summed E-state index contributed by atoms with van der Waals surface area (Å²) >= 11 is 0. The molecule has 0 aromatic heterocycles. The molecular formula is C11H19NO. The van der Waals surface area contributed by atoms with E-state index in [-0.39, 0.29) is 0 Å². The Labute approximate surface area is 80.3 Å². The highest BCUT2D eigenvalue weighted by atomic mass is 16.2. The molecule has 13 heavy (non-hydrogen) atoms. The Bertz CT molecular complexity index is 232. The van der Waals surface area contributed by atoms with Crippen molar-refractivity contribution in [1.82, 2.24) is 4.90 Å². The summed E-state index contributed by atoms with van der Waals surface area (Å²) < 4.78 is 0. The van der Waals surface area contributed by atoms with E-state index in [9.17, 15) is 4.79 Å². The summed E-state index contributed by atoms with van der Waals surface area (Å²) in [7, 11) is 0. The van der Waals surface area contributed by atoms with Gasteiger partial charge in [0.05, 0.1) is 0 Å². The van der Waals surface area contributed by atoms with Gasteiger partial charge in [-0.1, -0.05) is 20.8 Å². The van der Waals surface area contributed by atoms with Gasteiger partial charge in [-0.3, -0.25) is 4.79 Å². The van der Waals surface area contributed by atoms with Gasteiger partial charge in [-0.25, -0.2) is 0 Å². The van der Waals surface area contributed by atoms with Crippen LogP contribution in [0.3, 0.4) is 0 Å². The maximum Gasteiger partial charge on any atom is 0.226 e. The second-order valence-electron chi connectivity index (χ2n) is 5.10. The molecule has 1 heterocycles. The zero-order valence-corrected chi connectivity index (χ0v) is 8.84. The molecule has 0 bridgehead atoms. The Balaban J connectivity index is 1.94. The maximum absolute atomic E-state index is 11.8. The first-order chi connectivity index (χ1) is 6.05. The first-order valence-electron chi connectivity index (χ1n) is 5.34. The molecule has 2 heteroatoms. The van der Waals surface area contributed by atoms with Crippen molar-refractivity contribution in [2.75, 3.05) is 13.1 Å². The molecule has 1 aliphatic heterocycles. The SMILES string of the molecule is CC(C)C1(C)CC1C(=O)N1CCC1. The second kappa shape index (κ2) is 2.73. The minimum atomic E-state index is 0.312. The Morgan fingerprint density at radius 2 is 2.08 bits per heavy atom. The van der Waals surface area contributed by atoms with Gasteiger partial charge in [-0.2, -0.15) is 0 Å². The Morgan fingerprint density at radius 1 is 1.46 bits per heavy atom. The average Bonchev–Trinajstić information content (AvgIpc) is 2.60. The van der Waals surface area contributed by atoms with Crippen LogP contribution >= 0.6 is 0 Å². The quantitative estimate of drug-likeness (QED) is 0.637. The van der Waals surface area contributed by atoms with Gasteiger partial charge in [0.1, 0.15) is 0 Å². The third-order valence-electron chi connectivity index (χ3n) is 4.06. The third kappa shape index (κ3) is 1.27. The number of carbonyl (C=O) groups is 1. The van der Waals surface area contributed by atoms with E-state index >= 15 is 0 Å². The number of carbonyl (C=O) groups excluding carboxylic acids is 1. The fourth-order valence-corrected chi connectivity index (χ4v) is 2.15. The Hall–Kier alpha value is -0.530. The van der Waals surface area contributed by atoms with E-state index in [4.69, 9.17) is 0 Å². The third-order valence-corrected chi connectivity index (χ3v) is 4.06. The molecule has 2 rings (SSSR count). The highest BCUT2D eigenvalue weighted by Crippen LogP contribution is 2.58. The normalized spacial score (nSPS) is 37.5. The van der Waals surface area contributed by atoms with Crippen LogP contribution in [0, 0.1) is 17.3 Å². The number of likely N-dealkylation sites (tertiary alicyclic amines) is 1. The summed E-state index contributed by atoms with van der Waals surface area (Å²) in [5.41, 5.74) is 0.312. The van der Waals surface area contributed by atoms with Crippen molar-refractivity contribution in [3.8, 4) is 0 Å². The van der Waals surface area contributed by atoms with Gasteiger partial charge in [-0.15, -0.1) is 0 Å². The number of hydrogen-bond acceptors (Lipinski definition) is 1. The minimum Gasteiger partial charge on any atom is -0.342 e. The topological polar surface area (TPSA) is 20.3 Å². The Kier molecular flexibility index (Phi) is 1.90. The van der Waals surface area contributed by atoms with Crippen LogP contribution in [-0.2, 0) is 4.79 Å². The second-order valence-corrected chi connectivity index (χ2v) is 5.10. The van der Waals surface area contributed by atoms with E-state index in [1.807, 2.05) is 4.90 Å². The summed E-state index contributed by atoms with van der Waals surface area (Å²) in [6, 6.07) is 0. The number of amides is 1. The molecule has 0 N–H and O–H groups in total. The van der Waals surface area contributed by atoms with E-state index in [1.165, 1.54) is 6.42 Å². The molecule has 74 valence electrons. The van der Waals surface area contributed by atoms with Gasteiger partial charge in [0.25, 0.3) is 0 Å². The van der Waals surface area contributed by atoms with E-state index in [0.717, 1.165) is 19.5 Å². The van der Waals surface area contributed by atoms with Crippen molar-refractivity contribution >= 4 is 5.91 Å². The fourth-order valence-electron chi connectivity index (χ4n) is 2.15. The van der Waals surface area contributed by atoms with Crippen LogP contribution in [0.5, 0.6) is 0 Å².